The number of anilines is 3. The number of carboxylic acid groups (broad SMARTS) is 1. The number of pyridine rings is 2. The van der Waals surface area contributed by atoms with Gasteiger partial charge in [0.15, 0.2) is 0 Å². The molecule has 0 saturated carbocycles. The van der Waals surface area contributed by atoms with Crippen molar-refractivity contribution in [3.63, 3.8) is 0 Å². The van der Waals surface area contributed by atoms with Gasteiger partial charge in [-0.05, 0) is 38.5 Å². The van der Waals surface area contributed by atoms with Crippen molar-refractivity contribution in [1.29, 1.82) is 0 Å². The molecule has 0 amide bonds. The predicted molar refractivity (Wildman–Crippen MR) is 122 cm³/mol. The number of nitrogens with one attached hydrogen (secondary N) is 2. The number of esters is 1. The van der Waals surface area contributed by atoms with Crippen LogP contribution in [0.15, 0.2) is 48.7 Å². The van der Waals surface area contributed by atoms with Crippen LogP contribution in [-0.4, -0.2) is 38.7 Å². The standard InChI is InChI=1S/C24H24N4O5/c1-13-19(25-12-17(29)14-7-5-4-6-8-14)16(22(30)31)11-26-21(13)28-18-10-9-15-20(27-18)24(2,3)33-23(15)32/h4-11,17,29H,12H2,1-3H3,(H,30,31)(H2,25,26,27,28)/t17-/m0/s1. The molecule has 4 N–H and O–H groups in total. The van der Waals surface area contributed by atoms with Gasteiger partial charge in [-0.15, -0.1) is 0 Å². The monoisotopic (exact) mass is 448 g/mol. The number of carbonyl (C=O) groups excluding carboxylic acids is 1. The van der Waals surface area contributed by atoms with Gasteiger partial charge < -0.3 is 25.6 Å². The molecule has 1 aromatic carbocycles. The Labute approximate surface area is 190 Å². The molecule has 1 aliphatic rings. The highest BCUT2D eigenvalue weighted by Crippen LogP contribution is 2.36. The van der Waals surface area contributed by atoms with E-state index >= 15 is 0 Å². The second kappa shape index (κ2) is 8.51. The predicted octanol–water partition coefficient (Wildman–Crippen LogP) is 3.78. The molecule has 1 atom stereocenters. The molecule has 9 nitrogen and oxygen atoms in total. The van der Waals surface area contributed by atoms with Crippen molar-refractivity contribution in [2.75, 3.05) is 17.2 Å². The maximum atomic E-state index is 12.0. The molecule has 3 aromatic rings. The molecule has 0 spiro atoms. The first kappa shape index (κ1) is 22.2. The Kier molecular flexibility index (Phi) is 5.73. The van der Waals surface area contributed by atoms with Crippen LogP contribution in [0, 0.1) is 6.92 Å². The minimum absolute atomic E-state index is 0.0136. The topological polar surface area (TPSA) is 134 Å². The Bertz CT molecular complexity index is 1230. The van der Waals surface area contributed by atoms with E-state index in [0.717, 1.165) is 0 Å². The van der Waals surface area contributed by atoms with Crippen molar-refractivity contribution in [3.05, 3.63) is 76.6 Å². The molecule has 0 fully saturated rings. The maximum Gasteiger partial charge on any atom is 0.341 e. The molecule has 0 aliphatic carbocycles. The van der Waals surface area contributed by atoms with Gasteiger partial charge in [0.25, 0.3) is 0 Å². The van der Waals surface area contributed by atoms with Crippen LogP contribution in [0.4, 0.5) is 17.3 Å². The highest BCUT2D eigenvalue weighted by molar-refractivity contribution is 5.96. The first-order valence-electron chi connectivity index (χ1n) is 10.4. The highest BCUT2D eigenvalue weighted by atomic mass is 16.6. The minimum Gasteiger partial charge on any atom is -0.478 e. The summed E-state index contributed by atoms with van der Waals surface area (Å²) in [5.41, 5.74) is 1.67. The number of rotatable bonds is 7. The van der Waals surface area contributed by atoms with Gasteiger partial charge in [0, 0.05) is 18.3 Å². The summed E-state index contributed by atoms with van der Waals surface area (Å²) < 4.78 is 5.36. The summed E-state index contributed by atoms with van der Waals surface area (Å²) in [5, 5.41) is 26.2. The van der Waals surface area contributed by atoms with E-state index in [-0.39, 0.29) is 12.1 Å². The van der Waals surface area contributed by atoms with E-state index in [4.69, 9.17) is 4.74 Å². The zero-order valence-electron chi connectivity index (χ0n) is 18.4. The van der Waals surface area contributed by atoms with E-state index in [1.54, 1.807) is 45.0 Å². The summed E-state index contributed by atoms with van der Waals surface area (Å²) in [5.74, 6) is -0.721. The normalized spacial score (nSPS) is 14.8. The number of cyclic esters (lactones) is 1. The van der Waals surface area contributed by atoms with E-state index in [9.17, 15) is 19.8 Å². The van der Waals surface area contributed by atoms with Gasteiger partial charge in [0.05, 0.1) is 17.4 Å². The largest absolute Gasteiger partial charge is 0.478 e. The number of ether oxygens (including phenoxy) is 1. The number of aliphatic hydroxyl groups is 1. The lowest BCUT2D eigenvalue weighted by atomic mass is 10.0. The molecule has 0 radical (unpaired) electrons. The fourth-order valence-electron chi connectivity index (χ4n) is 3.73. The summed E-state index contributed by atoms with van der Waals surface area (Å²) >= 11 is 0. The summed E-state index contributed by atoms with van der Waals surface area (Å²) in [6, 6.07) is 12.4. The molecule has 2 aromatic heterocycles. The van der Waals surface area contributed by atoms with Crippen LogP contribution in [0.5, 0.6) is 0 Å². The summed E-state index contributed by atoms with van der Waals surface area (Å²) in [6.45, 7) is 5.36. The molecule has 3 heterocycles. The van der Waals surface area contributed by atoms with Crippen LogP contribution in [0.25, 0.3) is 0 Å². The number of fused-ring (bicyclic) bond motifs is 1. The second-order valence-corrected chi connectivity index (χ2v) is 8.25. The third-order valence-electron chi connectivity index (χ3n) is 5.49. The van der Waals surface area contributed by atoms with Crippen molar-refractivity contribution in [1.82, 2.24) is 9.97 Å². The fraction of sp³-hybridized carbons (Fsp3) is 0.250. The van der Waals surface area contributed by atoms with E-state index in [1.165, 1.54) is 6.20 Å². The Hall–Kier alpha value is -3.98. The lowest BCUT2D eigenvalue weighted by Gasteiger charge is -2.19. The fourth-order valence-corrected chi connectivity index (χ4v) is 3.73. The van der Waals surface area contributed by atoms with Gasteiger partial charge in [-0.2, -0.15) is 0 Å². The van der Waals surface area contributed by atoms with Crippen LogP contribution in [0.2, 0.25) is 0 Å². The SMILES string of the molecule is Cc1c(Nc2ccc3c(n2)C(C)(C)OC3=O)ncc(C(=O)O)c1NC[C@H](O)c1ccccc1. The van der Waals surface area contributed by atoms with Crippen LogP contribution >= 0.6 is 0 Å². The molecule has 1 aliphatic heterocycles. The smallest absolute Gasteiger partial charge is 0.341 e. The molecular weight excluding hydrogens is 424 g/mol. The zero-order chi connectivity index (χ0) is 23.8. The number of aromatic nitrogens is 2. The number of hydrogen-bond acceptors (Lipinski definition) is 8. The van der Waals surface area contributed by atoms with Gasteiger partial charge >= 0.3 is 11.9 Å². The molecule has 33 heavy (non-hydrogen) atoms. The van der Waals surface area contributed by atoms with E-state index in [2.05, 4.69) is 20.6 Å². The summed E-state index contributed by atoms with van der Waals surface area (Å²) in [7, 11) is 0. The number of carboxylic acids is 1. The minimum atomic E-state index is -1.14. The Balaban J connectivity index is 1.61. The number of carbonyl (C=O) groups is 2. The second-order valence-electron chi connectivity index (χ2n) is 8.25. The summed E-state index contributed by atoms with van der Waals surface area (Å²) in [4.78, 5) is 32.5. The van der Waals surface area contributed by atoms with Crippen LogP contribution in [-0.2, 0) is 10.3 Å². The molecule has 170 valence electrons. The Morgan fingerprint density at radius 2 is 1.91 bits per heavy atom. The third kappa shape index (κ3) is 4.35. The van der Waals surface area contributed by atoms with Crippen molar-refractivity contribution in [2.45, 2.75) is 32.5 Å². The average Bonchev–Trinajstić information content (AvgIpc) is 3.02. The maximum absolute atomic E-state index is 12.0. The van der Waals surface area contributed by atoms with Gasteiger partial charge in [0.2, 0.25) is 0 Å². The van der Waals surface area contributed by atoms with Crippen LogP contribution in [0.1, 0.15) is 57.5 Å². The van der Waals surface area contributed by atoms with Gasteiger partial charge in [0.1, 0.15) is 28.5 Å². The highest BCUT2D eigenvalue weighted by Gasteiger charge is 2.39. The molecule has 0 bridgehead atoms. The average molecular weight is 448 g/mol. The quantitative estimate of drug-likeness (QED) is 0.398. The lowest BCUT2D eigenvalue weighted by Crippen LogP contribution is -2.18. The van der Waals surface area contributed by atoms with Crippen LogP contribution < -0.4 is 10.6 Å². The molecule has 0 unspecified atom stereocenters. The Morgan fingerprint density at radius 1 is 1.18 bits per heavy atom. The molecule has 0 saturated heterocycles. The molecule has 4 rings (SSSR count). The number of nitrogens with zero attached hydrogens (tertiary/aromatic N) is 2. The zero-order valence-corrected chi connectivity index (χ0v) is 18.4. The lowest BCUT2D eigenvalue weighted by molar-refractivity contribution is 0.00832. The molecule has 9 heteroatoms. The number of aliphatic hydroxyl groups excluding tert-OH is 1. The number of benzene rings is 1. The van der Waals surface area contributed by atoms with Gasteiger partial charge in [-0.3, -0.25) is 0 Å². The van der Waals surface area contributed by atoms with Gasteiger partial charge in [-0.25, -0.2) is 19.6 Å². The van der Waals surface area contributed by atoms with E-state index in [0.29, 0.717) is 39.7 Å². The third-order valence-corrected chi connectivity index (χ3v) is 5.49. The van der Waals surface area contributed by atoms with Crippen molar-refractivity contribution in [3.8, 4) is 0 Å². The number of aromatic carboxylic acids is 1. The van der Waals surface area contributed by atoms with Crippen molar-refractivity contribution in [2.24, 2.45) is 0 Å². The first-order valence-corrected chi connectivity index (χ1v) is 10.4. The van der Waals surface area contributed by atoms with Gasteiger partial charge in [-0.1, -0.05) is 30.3 Å². The Morgan fingerprint density at radius 3 is 2.61 bits per heavy atom. The van der Waals surface area contributed by atoms with E-state index < -0.39 is 23.6 Å². The van der Waals surface area contributed by atoms with Crippen molar-refractivity contribution >= 4 is 29.3 Å². The molecular formula is C24H24N4O5. The van der Waals surface area contributed by atoms with E-state index in [1.807, 2.05) is 18.2 Å². The first-order chi connectivity index (χ1) is 15.7. The number of hydrogen-bond donors (Lipinski definition) is 4. The van der Waals surface area contributed by atoms with Crippen molar-refractivity contribution < 1.29 is 24.5 Å². The summed E-state index contributed by atoms with van der Waals surface area (Å²) in [6.07, 6.45) is 0.425. The van der Waals surface area contributed by atoms with Crippen LogP contribution in [0.3, 0.4) is 0 Å².